The predicted octanol–water partition coefficient (Wildman–Crippen LogP) is 2.87. The van der Waals surface area contributed by atoms with E-state index >= 15 is 0 Å². The maximum Gasteiger partial charge on any atom is 0.257 e. The quantitative estimate of drug-likeness (QED) is 0.793. The van der Waals surface area contributed by atoms with Gasteiger partial charge in [-0.05, 0) is 37.5 Å². The van der Waals surface area contributed by atoms with Gasteiger partial charge in [-0.1, -0.05) is 11.6 Å². The molecule has 0 bridgehead atoms. The average molecular weight is 284 g/mol. The lowest BCUT2D eigenvalue weighted by molar-refractivity contribution is -0.0446. The summed E-state index contributed by atoms with van der Waals surface area (Å²) in [4.78, 5) is 14.2. The fraction of sp³-hybridized carbons (Fsp3) is 0.500. The predicted molar refractivity (Wildman–Crippen MR) is 69.8 cm³/mol. The van der Waals surface area contributed by atoms with Gasteiger partial charge in [-0.3, -0.25) is 4.79 Å². The van der Waals surface area contributed by atoms with Crippen LogP contribution >= 0.6 is 11.6 Å². The molecule has 0 N–H and O–H groups in total. The van der Waals surface area contributed by atoms with Gasteiger partial charge in [0.2, 0.25) is 0 Å². The molecule has 0 aromatic heterocycles. The smallest absolute Gasteiger partial charge is 0.257 e. The van der Waals surface area contributed by atoms with E-state index in [1.165, 1.54) is 18.2 Å². The lowest BCUT2D eigenvalue weighted by Gasteiger charge is -2.37. The minimum atomic E-state index is -0.518. The van der Waals surface area contributed by atoms with E-state index in [4.69, 9.17) is 16.3 Å². The molecule has 0 radical (unpaired) electrons. The van der Waals surface area contributed by atoms with Crippen LogP contribution in [-0.2, 0) is 4.74 Å². The van der Waals surface area contributed by atoms with Crippen molar-refractivity contribution in [3.8, 4) is 0 Å². The van der Waals surface area contributed by atoms with E-state index in [1.54, 1.807) is 4.90 Å². The Labute approximate surface area is 116 Å². The molecule has 2 atom stereocenters. The Hall–Kier alpha value is -1.13. The number of carbonyl (C=O) groups excluding carboxylic acids is 1. The number of rotatable bonds is 1. The molecule has 1 amide bonds. The molecule has 3 rings (SSSR count). The number of fused-ring (bicyclic) bond motifs is 1. The van der Waals surface area contributed by atoms with Crippen molar-refractivity contribution in [1.82, 2.24) is 4.90 Å². The Morgan fingerprint density at radius 1 is 1.42 bits per heavy atom. The van der Waals surface area contributed by atoms with E-state index in [2.05, 4.69) is 0 Å². The SMILES string of the molecule is O=C(c1cc(Cl)ccc1F)N1CCOC2CCCC21. The Balaban J connectivity index is 1.88. The van der Waals surface area contributed by atoms with Crippen LogP contribution in [0.1, 0.15) is 29.6 Å². The topological polar surface area (TPSA) is 29.5 Å². The second-order valence-electron chi connectivity index (χ2n) is 5.03. The van der Waals surface area contributed by atoms with Crippen molar-refractivity contribution in [2.24, 2.45) is 0 Å². The maximum absolute atomic E-state index is 13.8. The fourth-order valence-electron chi connectivity index (χ4n) is 2.99. The first-order chi connectivity index (χ1) is 9.16. The zero-order valence-corrected chi connectivity index (χ0v) is 11.2. The van der Waals surface area contributed by atoms with Crippen LogP contribution in [0.3, 0.4) is 0 Å². The van der Waals surface area contributed by atoms with E-state index < -0.39 is 5.82 Å². The highest BCUT2D eigenvalue weighted by Crippen LogP contribution is 2.31. The van der Waals surface area contributed by atoms with Crippen molar-refractivity contribution in [1.29, 1.82) is 0 Å². The van der Waals surface area contributed by atoms with Gasteiger partial charge in [-0.25, -0.2) is 4.39 Å². The van der Waals surface area contributed by atoms with Crippen LogP contribution in [0.4, 0.5) is 4.39 Å². The first-order valence-corrected chi connectivity index (χ1v) is 6.92. The van der Waals surface area contributed by atoms with Crippen LogP contribution in [-0.4, -0.2) is 36.1 Å². The van der Waals surface area contributed by atoms with Crippen molar-refractivity contribution in [3.63, 3.8) is 0 Å². The van der Waals surface area contributed by atoms with Gasteiger partial charge in [0.05, 0.1) is 24.3 Å². The zero-order chi connectivity index (χ0) is 13.4. The Morgan fingerprint density at radius 2 is 2.26 bits per heavy atom. The molecule has 5 heteroatoms. The highest BCUT2D eigenvalue weighted by Gasteiger charge is 2.39. The molecule has 1 saturated carbocycles. The minimum absolute atomic E-state index is 0.0556. The first-order valence-electron chi connectivity index (χ1n) is 6.54. The molecule has 1 aliphatic carbocycles. The van der Waals surface area contributed by atoms with Crippen LogP contribution in [0, 0.1) is 5.82 Å². The number of morpholine rings is 1. The molecule has 19 heavy (non-hydrogen) atoms. The fourth-order valence-corrected chi connectivity index (χ4v) is 3.17. The van der Waals surface area contributed by atoms with Gasteiger partial charge >= 0.3 is 0 Å². The van der Waals surface area contributed by atoms with Crippen molar-refractivity contribution < 1.29 is 13.9 Å². The molecule has 1 aromatic rings. The van der Waals surface area contributed by atoms with Gasteiger partial charge in [0.15, 0.2) is 0 Å². The summed E-state index contributed by atoms with van der Waals surface area (Å²) < 4.78 is 19.4. The summed E-state index contributed by atoms with van der Waals surface area (Å²) in [5.74, 6) is -0.796. The maximum atomic E-state index is 13.8. The van der Waals surface area contributed by atoms with Gasteiger partial charge in [0, 0.05) is 11.6 Å². The molecular weight excluding hydrogens is 269 g/mol. The third kappa shape index (κ3) is 2.35. The van der Waals surface area contributed by atoms with Crippen LogP contribution in [0.25, 0.3) is 0 Å². The van der Waals surface area contributed by atoms with Crippen LogP contribution in [0.15, 0.2) is 18.2 Å². The molecule has 1 saturated heterocycles. The largest absolute Gasteiger partial charge is 0.374 e. The molecular formula is C14H15ClFNO2. The second-order valence-corrected chi connectivity index (χ2v) is 5.47. The highest BCUT2D eigenvalue weighted by molar-refractivity contribution is 6.31. The highest BCUT2D eigenvalue weighted by atomic mass is 35.5. The molecule has 2 fully saturated rings. The number of ether oxygens (including phenoxy) is 1. The third-order valence-corrected chi connectivity index (χ3v) is 4.14. The standard InChI is InChI=1S/C14H15ClFNO2/c15-9-4-5-11(16)10(8-9)14(18)17-6-7-19-13-3-1-2-12(13)17/h4-5,8,12-13H,1-3,6-7H2. The number of nitrogens with zero attached hydrogens (tertiary/aromatic N) is 1. The van der Waals surface area contributed by atoms with E-state index in [1.807, 2.05) is 0 Å². The molecule has 1 aromatic carbocycles. The summed E-state index contributed by atoms with van der Waals surface area (Å²) in [5, 5.41) is 0.376. The Bertz CT molecular complexity index is 508. The number of amides is 1. The summed E-state index contributed by atoms with van der Waals surface area (Å²) in [7, 11) is 0. The normalized spacial score (nSPS) is 26.3. The van der Waals surface area contributed by atoms with Crippen molar-refractivity contribution in [2.45, 2.75) is 31.4 Å². The van der Waals surface area contributed by atoms with Gasteiger partial charge in [-0.15, -0.1) is 0 Å². The number of carbonyl (C=O) groups is 1. The van der Waals surface area contributed by atoms with Crippen molar-refractivity contribution in [3.05, 3.63) is 34.6 Å². The second kappa shape index (κ2) is 5.10. The monoisotopic (exact) mass is 283 g/mol. The molecule has 3 nitrogen and oxygen atoms in total. The Morgan fingerprint density at radius 3 is 3.11 bits per heavy atom. The molecule has 1 heterocycles. The van der Waals surface area contributed by atoms with Crippen molar-refractivity contribution in [2.75, 3.05) is 13.2 Å². The summed E-state index contributed by atoms with van der Waals surface area (Å²) in [6.45, 7) is 1.04. The molecule has 102 valence electrons. The third-order valence-electron chi connectivity index (χ3n) is 3.90. The lowest BCUT2D eigenvalue weighted by atomic mass is 10.1. The van der Waals surface area contributed by atoms with Crippen LogP contribution in [0.2, 0.25) is 5.02 Å². The summed E-state index contributed by atoms with van der Waals surface area (Å²) in [6.07, 6.45) is 3.07. The van der Waals surface area contributed by atoms with Crippen LogP contribution < -0.4 is 0 Å². The number of halogens is 2. The summed E-state index contributed by atoms with van der Waals surface area (Å²) in [5.41, 5.74) is 0.0556. The van der Waals surface area contributed by atoms with Crippen LogP contribution in [0.5, 0.6) is 0 Å². The minimum Gasteiger partial charge on any atom is -0.374 e. The van der Waals surface area contributed by atoms with Gasteiger partial charge in [0.25, 0.3) is 5.91 Å². The van der Waals surface area contributed by atoms with Gasteiger partial charge in [0.1, 0.15) is 5.82 Å². The Kier molecular flexibility index (Phi) is 3.46. The number of benzene rings is 1. The molecule has 1 aliphatic heterocycles. The van der Waals surface area contributed by atoms with Gasteiger partial charge < -0.3 is 9.64 Å². The summed E-state index contributed by atoms with van der Waals surface area (Å²) in [6, 6.07) is 4.17. The van der Waals surface area contributed by atoms with E-state index in [-0.39, 0.29) is 23.6 Å². The van der Waals surface area contributed by atoms with Gasteiger partial charge in [-0.2, -0.15) is 0 Å². The number of hydrogen-bond acceptors (Lipinski definition) is 2. The lowest BCUT2D eigenvalue weighted by Crippen LogP contribution is -2.51. The molecule has 0 spiro atoms. The van der Waals surface area contributed by atoms with E-state index in [0.29, 0.717) is 18.2 Å². The van der Waals surface area contributed by atoms with E-state index in [0.717, 1.165) is 19.3 Å². The molecule has 2 aliphatic rings. The number of hydrogen-bond donors (Lipinski definition) is 0. The summed E-state index contributed by atoms with van der Waals surface area (Å²) >= 11 is 5.85. The zero-order valence-electron chi connectivity index (χ0n) is 10.4. The van der Waals surface area contributed by atoms with Crippen molar-refractivity contribution >= 4 is 17.5 Å². The van der Waals surface area contributed by atoms with E-state index in [9.17, 15) is 9.18 Å². The molecule has 2 unspecified atom stereocenters. The first kappa shape index (κ1) is 12.9. The average Bonchev–Trinajstić information content (AvgIpc) is 2.89.